The van der Waals surface area contributed by atoms with Gasteiger partial charge in [-0.05, 0) is 38.5 Å². The van der Waals surface area contributed by atoms with Gasteiger partial charge in [-0.15, -0.1) is 0 Å². The molecule has 0 aliphatic carbocycles. The van der Waals surface area contributed by atoms with Crippen LogP contribution in [0.5, 0.6) is 0 Å². The summed E-state index contributed by atoms with van der Waals surface area (Å²) in [6.45, 7) is 5.85. The Hall–Kier alpha value is -1.44. The molecule has 1 aromatic carbocycles. The van der Waals surface area contributed by atoms with Gasteiger partial charge in [0.25, 0.3) is 0 Å². The van der Waals surface area contributed by atoms with Gasteiger partial charge in [0, 0.05) is 13.6 Å². The minimum atomic E-state index is -3.72. The molecule has 7 heteroatoms. The molecule has 0 heterocycles. The zero-order chi connectivity index (χ0) is 16.2. The molecule has 1 N–H and O–H groups in total. The molecule has 118 valence electrons. The summed E-state index contributed by atoms with van der Waals surface area (Å²) in [5.41, 5.74) is 0.509. The van der Waals surface area contributed by atoms with Crippen LogP contribution in [0.15, 0.2) is 23.1 Å². The fraction of sp³-hybridized carbons (Fsp3) is 0.500. The third kappa shape index (κ3) is 4.52. The summed E-state index contributed by atoms with van der Waals surface area (Å²) in [6, 6.07) is 4.10. The van der Waals surface area contributed by atoms with E-state index in [1.165, 1.54) is 25.2 Å². The van der Waals surface area contributed by atoms with E-state index in [4.69, 9.17) is 9.84 Å². The van der Waals surface area contributed by atoms with E-state index in [-0.39, 0.29) is 29.7 Å². The summed E-state index contributed by atoms with van der Waals surface area (Å²) in [6.07, 6.45) is 0.0269. The number of rotatable bonds is 7. The van der Waals surface area contributed by atoms with Crippen LogP contribution in [0.3, 0.4) is 0 Å². The van der Waals surface area contributed by atoms with Gasteiger partial charge in [0.2, 0.25) is 10.0 Å². The Morgan fingerprint density at radius 3 is 2.52 bits per heavy atom. The Morgan fingerprint density at radius 1 is 1.38 bits per heavy atom. The van der Waals surface area contributed by atoms with E-state index < -0.39 is 16.0 Å². The highest BCUT2D eigenvalue weighted by Gasteiger charge is 2.22. The van der Waals surface area contributed by atoms with E-state index in [0.29, 0.717) is 5.56 Å². The average Bonchev–Trinajstić information content (AvgIpc) is 2.37. The van der Waals surface area contributed by atoms with Gasteiger partial charge in [-0.2, -0.15) is 4.31 Å². The van der Waals surface area contributed by atoms with Crippen LogP contribution in [0, 0.1) is 6.92 Å². The van der Waals surface area contributed by atoms with Crippen molar-refractivity contribution in [3.63, 3.8) is 0 Å². The van der Waals surface area contributed by atoms with Crippen LogP contribution in [-0.4, -0.2) is 50.1 Å². The quantitative estimate of drug-likeness (QED) is 0.828. The smallest absolute Gasteiger partial charge is 0.335 e. The number of benzene rings is 1. The maximum atomic E-state index is 12.4. The maximum Gasteiger partial charge on any atom is 0.335 e. The summed E-state index contributed by atoms with van der Waals surface area (Å²) in [7, 11) is -2.28. The van der Waals surface area contributed by atoms with E-state index in [1.54, 1.807) is 6.92 Å². The SMILES string of the molecule is Cc1ccc(S(=O)(=O)N(C)CCOC(C)C)cc1C(=O)O. The first-order chi connectivity index (χ1) is 9.66. The van der Waals surface area contributed by atoms with Gasteiger partial charge in [-0.1, -0.05) is 6.07 Å². The Labute approximate surface area is 125 Å². The minimum Gasteiger partial charge on any atom is -0.478 e. The van der Waals surface area contributed by atoms with Crippen LogP contribution in [0.4, 0.5) is 0 Å². The Balaban J connectivity index is 2.97. The monoisotopic (exact) mass is 315 g/mol. The minimum absolute atomic E-state index is 0.0112. The van der Waals surface area contributed by atoms with E-state index >= 15 is 0 Å². The first-order valence-corrected chi connectivity index (χ1v) is 8.02. The number of likely N-dealkylation sites (N-methyl/N-ethyl adjacent to an activating group) is 1. The van der Waals surface area contributed by atoms with Crippen LogP contribution >= 0.6 is 0 Å². The zero-order valence-electron chi connectivity index (χ0n) is 12.7. The number of nitrogens with zero attached hydrogens (tertiary/aromatic N) is 1. The van der Waals surface area contributed by atoms with Crippen molar-refractivity contribution in [3.8, 4) is 0 Å². The lowest BCUT2D eigenvalue weighted by Gasteiger charge is -2.18. The molecule has 0 atom stereocenters. The predicted molar refractivity (Wildman–Crippen MR) is 79.0 cm³/mol. The lowest BCUT2D eigenvalue weighted by molar-refractivity contribution is 0.0695. The van der Waals surface area contributed by atoms with Gasteiger partial charge < -0.3 is 9.84 Å². The van der Waals surface area contributed by atoms with Gasteiger partial charge in [-0.25, -0.2) is 13.2 Å². The van der Waals surface area contributed by atoms with Crippen molar-refractivity contribution in [2.45, 2.75) is 31.8 Å². The molecule has 0 aliphatic heterocycles. The van der Waals surface area contributed by atoms with Gasteiger partial charge in [-0.3, -0.25) is 0 Å². The largest absolute Gasteiger partial charge is 0.478 e. The standard InChI is InChI=1S/C14H21NO5S/c1-10(2)20-8-7-15(4)21(18,19)12-6-5-11(3)13(9-12)14(16)17/h5-6,9-10H,7-8H2,1-4H3,(H,16,17). The van der Waals surface area contributed by atoms with Crippen molar-refractivity contribution >= 4 is 16.0 Å². The van der Waals surface area contributed by atoms with Crippen molar-refractivity contribution < 1.29 is 23.1 Å². The molecule has 0 saturated heterocycles. The average molecular weight is 315 g/mol. The second kappa shape index (κ2) is 7.02. The number of carboxylic acid groups (broad SMARTS) is 1. The van der Waals surface area contributed by atoms with E-state index in [1.807, 2.05) is 13.8 Å². The lowest BCUT2D eigenvalue weighted by Crippen LogP contribution is -2.31. The fourth-order valence-corrected chi connectivity index (χ4v) is 2.89. The molecule has 0 amide bonds. The third-order valence-electron chi connectivity index (χ3n) is 3.00. The molecule has 21 heavy (non-hydrogen) atoms. The molecule has 1 rings (SSSR count). The molecule has 0 aliphatic rings. The molecular weight excluding hydrogens is 294 g/mol. The third-order valence-corrected chi connectivity index (χ3v) is 4.86. The second-order valence-electron chi connectivity index (χ2n) is 5.03. The van der Waals surface area contributed by atoms with Crippen LogP contribution in [0.2, 0.25) is 0 Å². The van der Waals surface area contributed by atoms with Crippen molar-refractivity contribution in [1.29, 1.82) is 0 Å². The lowest BCUT2D eigenvalue weighted by atomic mass is 10.1. The summed E-state index contributed by atoms with van der Waals surface area (Å²) < 4.78 is 31.2. The van der Waals surface area contributed by atoms with Gasteiger partial charge in [0.15, 0.2) is 0 Å². The second-order valence-corrected chi connectivity index (χ2v) is 7.07. The molecule has 0 fully saturated rings. The maximum absolute atomic E-state index is 12.4. The normalized spacial score (nSPS) is 12.1. The highest BCUT2D eigenvalue weighted by atomic mass is 32.2. The van der Waals surface area contributed by atoms with Crippen LogP contribution < -0.4 is 0 Å². The first-order valence-electron chi connectivity index (χ1n) is 6.58. The summed E-state index contributed by atoms with van der Waals surface area (Å²) in [5.74, 6) is -1.14. The van der Waals surface area contributed by atoms with Crippen molar-refractivity contribution in [2.24, 2.45) is 0 Å². The predicted octanol–water partition coefficient (Wildman–Crippen LogP) is 1.74. The summed E-state index contributed by atoms with van der Waals surface area (Å²) in [5, 5.41) is 9.07. The highest BCUT2D eigenvalue weighted by molar-refractivity contribution is 7.89. The molecular formula is C14H21NO5S. The molecule has 0 radical (unpaired) electrons. The molecule has 0 saturated carbocycles. The topological polar surface area (TPSA) is 83.9 Å². The van der Waals surface area contributed by atoms with Crippen LogP contribution in [0.25, 0.3) is 0 Å². The summed E-state index contributed by atoms with van der Waals surface area (Å²) in [4.78, 5) is 11.1. The van der Waals surface area contributed by atoms with Crippen LogP contribution in [-0.2, 0) is 14.8 Å². The van der Waals surface area contributed by atoms with E-state index in [0.717, 1.165) is 4.31 Å². The first kappa shape index (κ1) is 17.6. The highest BCUT2D eigenvalue weighted by Crippen LogP contribution is 2.18. The molecule has 0 spiro atoms. The molecule has 0 bridgehead atoms. The van der Waals surface area contributed by atoms with Crippen LogP contribution in [0.1, 0.15) is 29.8 Å². The number of carbonyl (C=O) groups is 1. The number of ether oxygens (including phenoxy) is 1. The zero-order valence-corrected chi connectivity index (χ0v) is 13.5. The number of hydrogen-bond donors (Lipinski definition) is 1. The Morgan fingerprint density at radius 2 is 2.00 bits per heavy atom. The number of sulfonamides is 1. The van der Waals surface area contributed by atoms with E-state index in [2.05, 4.69) is 0 Å². The molecule has 0 unspecified atom stereocenters. The molecule has 0 aromatic heterocycles. The Kier molecular flexibility index (Phi) is 5.88. The van der Waals surface area contributed by atoms with Gasteiger partial charge >= 0.3 is 5.97 Å². The van der Waals surface area contributed by atoms with Gasteiger partial charge in [0.05, 0.1) is 23.2 Å². The number of hydrogen-bond acceptors (Lipinski definition) is 4. The fourth-order valence-electron chi connectivity index (χ4n) is 1.71. The Bertz CT molecular complexity index is 610. The van der Waals surface area contributed by atoms with Crippen molar-refractivity contribution in [3.05, 3.63) is 29.3 Å². The van der Waals surface area contributed by atoms with E-state index in [9.17, 15) is 13.2 Å². The number of aromatic carboxylic acids is 1. The molecule has 6 nitrogen and oxygen atoms in total. The number of aryl methyl sites for hydroxylation is 1. The van der Waals surface area contributed by atoms with Gasteiger partial charge in [0.1, 0.15) is 0 Å². The van der Waals surface area contributed by atoms with Crippen molar-refractivity contribution in [1.82, 2.24) is 4.31 Å². The van der Waals surface area contributed by atoms with Crippen molar-refractivity contribution in [2.75, 3.05) is 20.2 Å². The molecule has 1 aromatic rings. The number of carboxylic acids is 1. The summed E-state index contributed by atoms with van der Waals surface area (Å²) >= 11 is 0.